The van der Waals surface area contributed by atoms with Crippen molar-refractivity contribution in [2.45, 2.75) is 19.1 Å². The molecule has 0 saturated carbocycles. The van der Waals surface area contributed by atoms with Gasteiger partial charge in [0.05, 0.1) is 10.9 Å². The Labute approximate surface area is 192 Å². The van der Waals surface area contributed by atoms with E-state index in [2.05, 4.69) is 9.97 Å². The van der Waals surface area contributed by atoms with Gasteiger partial charge in [0.1, 0.15) is 11.4 Å². The van der Waals surface area contributed by atoms with E-state index in [9.17, 15) is 27.6 Å². The molecule has 1 aliphatic heterocycles. The van der Waals surface area contributed by atoms with E-state index in [1.165, 1.54) is 23.4 Å². The maximum atomic E-state index is 13.1. The molecule has 8 nitrogen and oxygen atoms in total. The number of hydrogen-bond donors (Lipinski definition) is 1. The van der Waals surface area contributed by atoms with Gasteiger partial charge in [0.25, 0.3) is 17.6 Å². The summed E-state index contributed by atoms with van der Waals surface area (Å²) < 4.78 is 42.8. The molecule has 2 amide bonds. The first-order valence-electron chi connectivity index (χ1n) is 10.5. The number of pyridine rings is 1. The summed E-state index contributed by atoms with van der Waals surface area (Å²) >= 11 is 0. The van der Waals surface area contributed by atoms with E-state index >= 15 is 0 Å². The van der Waals surface area contributed by atoms with Crippen molar-refractivity contribution in [2.75, 3.05) is 26.2 Å². The highest BCUT2D eigenvalue weighted by atomic mass is 19.4. The van der Waals surface area contributed by atoms with Crippen molar-refractivity contribution in [2.24, 2.45) is 0 Å². The number of rotatable bonds is 5. The topological polar surface area (TPSA) is 95.6 Å². The van der Waals surface area contributed by atoms with Gasteiger partial charge in [-0.25, -0.2) is 4.98 Å². The van der Waals surface area contributed by atoms with E-state index in [0.29, 0.717) is 5.56 Å². The van der Waals surface area contributed by atoms with Gasteiger partial charge in [0.15, 0.2) is 6.61 Å². The number of ether oxygens (including phenoxy) is 1. The quantitative estimate of drug-likeness (QED) is 0.453. The zero-order valence-electron chi connectivity index (χ0n) is 18.1. The highest BCUT2D eigenvalue weighted by Gasteiger charge is 2.35. The number of nitrogens with zero attached hydrogens (tertiary/aromatic N) is 3. The zero-order valence-corrected chi connectivity index (χ0v) is 18.1. The van der Waals surface area contributed by atoms with E-state index in [0.717, 1.165) is 0 Å². The number of benzene rings is 1. The molecule has 2 aromatic heterocycles. The minimum absolute atomic E-state index is 0.00986. The van der Waals surface area contributed by atoms with Crippen LogP contribution in [0, 0.1) is 0 Å². The molecular formula is C23H21F3N4O4. The number of ketones is 1. The molecule has 0 aliphatic carbocycles. The standard InChI is InChI=1S/C23H21F3N4O4/c1-14-12-29(21(32)15-5-3-2-4-6-15)9-10-30(14)22(33)19(31)16-11-28-20-18(16)17(7-8-27-20)34-13-23(24,25)26/h2-8,11,14H,9-10,12-13H2,1H3,(H,27,28)/t14-/m1/s1. The SMILES string of the molecule is C[C@@H]1CN(C(=O)c2ccccc2)CCN1C(=O)C(=O)c1c[nH]c2nccc(OCC(F)(F)F)c12. The maximum Gasteiger partial charge on any atom is 0.422 e. The van der Waals surface area contributed by atoms with Gasteiger partial charge >= 0.3 is 6.18 Å². The Kier molecular flexibility index (Phi) is 6.27. The van der Waals surface area contributed by atoms with E-state index in [1.807, 2.05) is 0 Å². The van der Waals surface area contributed by atoms with Crippen LogP contribution in [0.5, 0.6) is 5.75 Å². The number of piperazine rings is 1. The fourth-order valence-electron chi connectivity index (χ4n) is 3.94. The van der Waals surface area contributed by atoms with Crippen LogP contribution < -0.4 is 4.74 Å². The number of fused-ring (bicyclic) bond motifs is 1. The Hall–Kier alpha value is -3.89. The van der Waals surface area contributed by atoms with Crippen molar-refractivity contribution in [3.63, 3.8) is 0 Å². The third-order valence-electron chi connectivity index (χ3n) is 5.56. The first-order chi connectivity index (χ1) is 16.2. The fourth-order valence-corrected chi connectivity index (χ4v) is 3.94. The van der Waals surface area contributed by atoms with Crippen molar-refractivity contribution in [1.29, 1.82) is 0 Å². The smallest absolute Gasteiger partial charge is 0.422 e. The number of carbonyl (C=O) groups is 3. The summed E-state index contributed by atoms with van der Waals surface area (Å²) in [6.07, 6.45) is -2.10. The first kappa shape index (κ1) is 23.3. The summed E-state index contributed by atoms with van der Waals surface area (Å²) in [5, 5.41) is 0.00986. The number of carbonyl (C=O) groups excluding carboxylic acids is 3. The molecule has 3 aromatic rings. The second-order valence-electron chi connectivity index (χ2n) is 7.93. The average Bonchev–Trinajstić information content (AvgIpc) is 3.26. The Bertz CT molecular complexity index is 1230. The predicted octanol–water partition coefficient (Wildman–Crippen LogP) is 3.06. The largest absolute Gasteiger partial charge is 0.483 e. The van der Waals surface area contributed by atoms with Gasteiger partial charge in [-0.15, -0.1) is 0 Å². The molecule has 3 heterocycles. The normalized spacial score (nSPS) is 16.5. The number of alkyl halides is 3. The van der Waals surface area contributed by atoms with Gasteiger partial charge in [-0.3, -0.25) is 14.4 Å². The van der Waals surface area contributed by atoms with Gasteiger partial charge in [-0.2, -0.15) is 13.2 Å². The molecule has 1 fully saturated rings. The Morgan fingerprint density at radius 1 is 1.15 bits per heavy atom. The predicted molar refractivity (Wildman–Crippen MR) is 115 cm³/mol. The third-order valence-corrected chi connectivity index (χ3v) is 5.56. The number of aromatic amines is 1. The van der Waals surface area contributed by atoms with Gasteiger partial charge < -0.3 is 19.5 Å². The fraction of sp³-hybridized carbons (Fsp3) is 0.304. The minimum Gasteiger partial charge on any atom is -0.483 e. The van der Waals surface area contributed by atoms with Crippen molar-refractivity contribution in [1.82, 2.24) is 19.8 Å². The Balaban J connectivity index is 1.51. The number of H-pyrrole nitrogens is 1. The summed E-state index contributed by atoms with van der Waals surface area (Å²) in [7, 11) is 0. The molecule has 0 bridgehead atoms. The number of Topliss-reactive ketones (excluding diaryl/α,β-unsaturated/α-hetero) is 1. The average molecular weight is 474 g/mol. The van der Waals surface area contributed by atoms with E-state index in [4.69, 9.17) is 4.74 Å². The molecule has 1 saturated heterocycles. The van der Waals surface area contributed by atoms with Gasteiger partial charge in [-0.1, -0.05) is 18.2 Å². The molecule has 4 rings (SSSR count). The van der Waals surface area contributed by atoms with E-state index in [1.54, 1.807) is 42.2 Å². The van der Waals surface area contributed by atoms with Crippen molar-refractivity contribution >= 4 is 28.6 Å². The van der Waals surface area contributed by atoms with Crippen LogP contribution in [0.3, 0.4) is 0 Å². The van der Waals surface area contributed by atoms with Crippen LogP contribution in [0.15, 0.2) is 48.8 Å². The van der Waals surface area contributed by atoms with Crippen LogP contribution in [0.1, 0.15) is 27.6 Å². The summed E-state index contributed by atoms with van der Waals surface area (Å²) in [5.74, 6) is -2.08. The monoisotopic (exact) mass is 474 g/mol. The lowest BCUT2D eigenvalue weighted by Crippen LogP contribution is -2.56. The molecule has 1 N–H and O–H groups in total. The van der Waals surface area contributed by atoms with Crippen LogP contribution in [0.25, 0.3) is 11.0 Å². The Morgan fingerprint density at radius 2 is 1.88 bits per heavy atom. The van der Waals surface area contributed by atoms with Crippen LogP contribution in [0.2, 0.25) is 0 Å². The molecule has 1 atom stereocenters. The number of halogens is 3. The van der Waals surface area contributed by atoms with Crippen molar-refractivity contribution < 1.29 is 32.3 Å². The number of nitrogens with one attached hydrogen (secondary N) is 1. The lowest BCUT2D eigenvalue weighted by Gasteiger charge is -2.39. The molecule has 1 aromatic carbocycles. The molecule has 0 unspecified atom stereocenters. The molecule has 11 heteroatoms. The highest BCUT2D eigenvalue weighted by molar-refractivity contribution is 6.45. The number of hydrogen-bond acceptors (Lipinski definition) is 5. The number of aromatic nitrogens is 2. The van der Waals surface area contributed by atoms with Gasteiger partial charge in [-0.05, 0) is 25.1 Å². The van der Waals surface area contributed by atoms with E-state index < -0.39 is 30.5 Å². The van der Waals surface area contributed by atoms with Gasteiger partial charge in [0.2, 0.25) is 0 Å². The van der Waals surface area contributed by atoms with Crippen LogP contribution >= 0.6 is 0 Å². The summed E-state index contributed by atoms with van der Waals surface area (Å²) in [6, 6.07) is 9.51. The van der Waals surface area contributed by atoms with Crippen LogP contribution in [-0.2, 0) is 4.79 Å². The molecular weight excluding hydrogens is 453 g/mol. The first-order valence-corrected chi connectivity index (χ1v) is 10.5. The molecule has 0 radical (unpaired) electrons. The van der Waals surface area contributed by atoms with Crippen LogP contribution in [-0.4, -0.2) is 75.8 Å². The molecule has 34 heavy (non-hydrogen) atoms. The summed E-state index contributed by atoms with van der Waals surface area (Å²) in [4.78, 5) is 48.5. The number of amides is 2. The lowest BCUT2D eigenvalue weighted by atomic mass is 10.1. The molecule has 1 aliphatic rings. The summed E-state index contributed by atoms with van der Waals surface area (Å²) in [6.45, 7) is 0.800. The second kappa shape index (κ2) is 9.16. The Morgan fingerprint density at radius 3 is 2.56 bits per heavy atom. The van der Waals surface area contributed by atoms with E-state index in [-0.39, 0.29) is 47.9 Å². The van der Waals surface area contributed by atoms with Crippen molar-refractivity contribution in [3.8, 4) is 5.75 Å². The molecule has 0 spiro atoms. The lowest BCUT2D eigenvalue weighted by molar-refractivity contribution is -0.153. The maximum absolute atomic E-state index is 13.1. The summed E-state index contributed by atoms with van der Waals surface area (Å²) in [5.41, 5.74) is 0.533. The third kappa shape index (κ3) is 4.73. The second-order valence-corrected chi connectivity index (χ2v) is 7.93. The minimum atomic E-state index is -4.57. The molecule has 178 valence electrons. The van der Waals surface area contributed by atoms with Gasteiger partial charge in [0, 0.05) is 43.6 Å². The highest BCUT2D eigenvalue weighted by Crippen LogP contribution is 2.30. The van der Waals surface area contributed by atoms with Crippen LogP contribution in [0.4, 0.5) is 13.2 Å². The van der Waals surface area contributed by atoms with Crippen molar-refractivity contribution in [3.05, 3.63) is 59.9 Å². The zero-order chi connectivity index (χ0) is 24.5.